The number of alkyl halides is 1. The van der Waals surface area contributed by atoms with Crippen LogP contribution in [0.3, 0.4) is 0 Å². The predicted molar refractivity (Wildman–Crippen MR) is 119 cm³/mol. The molecule has 0 unspecified atom stereocenters. The molecule has 27 heavy (non-hydrogen) atoms. The van der Waals surface area contributed by atoms with Crippen molar-refractivity contribution in [3.8, 4) is 0 Å². The lowest BCUT2D eigenvalue weighted by atomic mass is 10.1. The van der Waals surface area contributed by atoms with Gasteiger partial charge in [-0.2, -0.15) is 0 Å². The molecule has 0 aliphatic rings. The van der Waals surface area contributed by atoms with Gasteiger partial charge in [0.2, 0.25) is 11.8 Å². The van der Waals surface area contributed by atoms with E-state index in [-0.39, 0.29) is 11.8 Å². The van der Waals surface area contributed by atoms with Crippen molar-refractivity contribution in [3.05, 3.63) is 12.7 Å². The van der Waals surface area contributed by atoms with Crippen molar-refractivity contribution in [3.63, 3.8) is 0 Å². The van der Waals surface area contributed by atoms with Crippen molar-refractivity contribution in [1.82, 2.24) is 10.9 Å². The standard InChI is InChI=1S/C22H41BrN2O2/c1-2-3-4-5-6-9-12-15-18-21(26)24-25-22(27)19-16-13-10-7-8-11-14-17-20-23/h2H,1,3-20H2,(H,24,26)(H,25,27). The SMILES string of the molecule is C=CCCCCCCCCC(=O)NNC(=O)CCCCCCCCCCBr. The number of unbranched alkanes of at least 4 members (excludes halogenated alkanes) is 13. The highest BCUT2D eigenvalue weighted by atomic mass is 79.9. The number of amides is 2. The zero-order valence-corrected chi connectivity index (χ0v) is 18.8. The molecule has 158 valence electrons. The summed E-state index contributed by atoms with van der Waals surface area (Å²) in [6.45, 7) is 3.72. The zero-order chi connectivity index (χ0) is 20.0. The largest absolute Gasteiger partial charge is 0.273 e. The van der Waals surface area contributed by atoms with Gasteiger partial charge in [0.15, 0.2) is 0 Å². The number of halogens is 1. The molecular weight excluding hydrogens is 404 g/mol. The van der Waals surface area contributed by atoms with Crippen LogP contribution in [0.4, 0.5) is 0 Å². The van der Waals surface area contributed by atoms with Crippen LogP contribution in [0.1, 0.15) is 109 Å². The highest BCUT2D eigenvalue weighted by Crippen LogP contribution is 2.10. The predicted octanol–water partition coefficient (Wildman–Crippen LogP) is 6.35. The van der Waals surface area contributed by atoms with Crippen LogP contribution >= 0.6 is 15.9 Å². The van der Waals surface area contributed by atoms with E-state index in [2.05, 4.69) is 33.4 Å². The molecule has 0 aromatic heterocycles. The van der Waals surface area contributed by atoms with Gasteiger partial charge in [-0.25, -0.2) is 0 Å². The van der Waals surface area contributed by atoms with Crippen molar-refractivity contribution in [2.24, 2.45) is 0 Å². The highest BCUT2D eigenvalue weighted by Gasteiger charge is 2.04. The third-order valence-electron chi connectivity index (χ3n) is 4.69. The van der Waals surface area contributed by atoms with Gasteiger partial charge in [0, 0.05) is 18.2 Å². The summed E-state index contributed by atoms with van der Waals surface area (Å²) in [6.07, 6.45) is 20.5. The van der Waals surface area contributed by atoms with Gasteiger partial charge in [0.25, 0.3) is 0 Å². The van der Waals surface area contributed by atoms with Crippen LogP contribution in [0.15, 0.2) is 12.7 Å². The van der Waals surface area contributed by atoms with Gasteiger partial charge >= 0.3 is 0 Å². The van der Waals surface area contributed by atoms with E-state index in [0.29, 0.717) is 12.8 Å². The average molecular weight is 445 g/mol. The molecule has 0 saturated carbocycles. The van der Waals surface area contributed by atoms with Crippen molar-refractivity contribution in [2.75, 3.05) is 5.33 Å². The van der Waals surface area contributed by atoms with Crippen molar-refractivity contribution < 1.29 is 9.59 Å². The molecule has 0 fully saturated rings. The van der Waals surface area contributed by atoms with Crippen LogP contribution in [0.2, 0.25) is 0 Å². The summed E-state index contributed by atoms with van der Waals surface area (Å²) in [5.41, 5.74) is 5.06. The average Bonchev–Trinajstić information content (AvgIpc) is 2.67. The number of carbonyl (C=O) groups is 2. The summed E-state index contributed by atoms with van der Waals surface area (Å²) in [7, 11) is 0. The Balaban J connectivity index is 3.33. The Morgan fingerprint density at radius 3 is 1.41 bits per heavy atom. The van der Waals surface area contributed by atoms with Gasteiger partial charge in [-0.15, -0.1) is 6.58 Å². The number of carbonyl (C=O) groups excluding carboxylic acids is 2. The van der Waals surface area contributed by atoms with Gasteiger partial charge in [0.1, 0.15) is 0 Å². The molecule has 0 radical (unpaired) electrons. The Kier molecular flexibility index (Phi) is 20.8. The second-order valence-corrected chi connectivity index (χ2v) is 8.11. The molecule has 0 rings (SSSR count). The summed E-state index contributed by atoms with van der Waals surface area (Å²) in [5, 5.41) is 1.11. The Hall–Kier alpha value is -0.840. The van der Waals surface area contributed by atoms with Gasteiger partial charge in [-0.05, 0) is 32.1 Å². The van der Waals surface area contributed by atoms with E-state index in [1.807, 2.05) is 6.08 Å². The van der Waals surface area contributed by atoms with Gasteiger partial charge in [-0.1, -0.05) is 86.2 Å². The Morgan fingerprint density at radius 2 is 1.00 bits per heavy atom. The fourth-order valence-electron chi connectivity index (χ4n) is 2.99. The second-order valence-electron chi connectivity index (χ2n) is 7.31. The van der Waals surface area contributed by atoms with Crippen LogP contribution in [0.5, 0.6) is 0 Å². The molecule has 0 spiro atoms. The minimum Gasteiger partial charge on any atom is -0.273 e. The van der Waals surface area contributed by atoms with Crippen LogP contribution in [-0.2, 0) is 9.59 Å². The van der Waals surface area contributed by atoms with E-state index in [1.165, 1.54) is 64.2 Å². The summed E-state index contributed by atoms with van der Waals surface area (Å²) >= 11 is 3.45. The Morgan fingerprint density at radius 1 is 0.630 bits per heavy atom. The van der Waals surface area contributed by atoms with E-state index in [9.17, 15) is 9.59 Å². The van der Waals surface area contributed by atoms with E-state index < -0.39 is 0 Å². The number of hydrazine groups is 1. The third kappa shape index (κ3) is 21.3. The summed E-state index contributed by atoms with van der Waals surface area (Å²) in [5.74, 6) is -0.165. The normalized spacial score (nSPS) is 10.6. The first kappa shape index (κ1) is 26.2. The first-order chi connectivity index (χ1) is 13.2. The molecular formula is C22H41BrN2O2. The molecule has 0 atom stereocenters. The fraction of sp³-hybridized carbons (Fsp3) is 0.818. The van der Waals surface area contributed by atoms with Crippen LogP contribution in [0, 0.1) is 0 Å². The quantitative estimate of drug-likeness (QED) is 0.105. The number of rotatable bonds is 19. The van der Waals surface area contributed by atoms with Crippen molar-refractivity contribution in [1.29, 1.82) is 0 Å². The molecule has 0 heterocycles. The zero-order valence-electron chi connectivity index (χ0n) is 17.2. The van der Waals surface area contributed by atoms with E-state index in [1.54, 1.807) is 0 Å². The highest BCUT2D eigenvalue weighted by molar-refractivity contribution is 9.09. The minimum absolute atomic E-state index is 0.0807. The summed E-state index contributed by atoms with van der Waals surface area (Å²) in [6, 6.07) is 0. The fourth-order valence-corrected chi connectivity index (χ4v) is 3.38. The molecule has 0 aromatic carbocycles. The summed E-state index contributed by atoms with van der Waals surface area (Å²) in [4.78, 5) is 23.4. The smallest absolute Gasteiger partial charge is 0.238 e. The molecule has 2 N–H and O–H groups in total. The van der Waals surface area contributed by atoms with E-state index in [0.717, 1.165) is 37.4 Å². The van der Waals surface area contributed by atoms with Crippen molar-refractivity contribution >= 4 is 27.7 Å². The topological polar surface area (TPSA) is 58.2 Å². The van der Waals surface area contributed by atoms with Crippen LogP contribution in [0.25, 0.3) is 0 Å². The van der Waals surface area contributed by atoms with Crippen LogP contribution in [-0.4, -0.2) is 17.1 Å². The minimum atomic E-state index is -0.0847. The third-order valence-corrected chi connectivity index (χ3v) is 5.25. The first-order valence-corrected chi connectivity index (χ1v) is 12.1. The number of hydrogen-bond donors (Lipinski definition) is 2. The summed E-state index contributed by atoms with van der Waals surface area (Å²) < 4.78 is 0. The molecule has 0 aliphatic carbocycles. The molecule has 2 amide bonds. The maximum absolute atomic E-state index is 11.7. The van der Waals surface area contributed by atoms with E-state index >= 15 is 0 Å². The lowest BCUT2D eigenvalue weighted by Crippen LogP contribution is -2.41. The molecule has 4 nitrogen and oxygen atoms in total. The molecule has 0 bridgehead atoms. The van der Waals surface area contributed by atoms with Crippen LogP contribution < -0.4 is 10.9 Å². The van der Waals surface area contributed by atoms with Crippen molar-refractivity contribution in [2.45, 2.75) is 109 Å². The lowest BCUT2D eigenvalue weighted by molar-refractivity contribution is -0.129. The Bertz CT molecular complexity index is 375. The van der Waals surface area contributed by atoms with Gasteiger partial charge in [0.05, 0.1) is 0 Å². The van der Waals surface area contributed by atoms with E-state index in [4.69, 9.17) is 0 Å². The maximum atomic E-state index is 11.7. The number of allylic oxidation sites excluding steroid dienone is 1. The molecule has 0 saturated heterocycles. The number of nitrogens with one attached hydrogen (secondary N) is 2. The Labute approximate surface area is 175 Å². The first-order valence-electron chi connectivity index (χ1n) is 10.9. The monoisotopic (exact) mass is 444 g/mol. The lowest BCUT2D eigenvalue weighted by Gasteiger charge is -2.07. The molecule has 0 aromatic rings. The van der Waals surface area contributed by atoms with Gasteiger partial charge < -0.3 is 0 Å². The van der Waals surface area contributed by atoms with Gasteiger partial charge in [-0.3, -0.25) is 20.4 Å². The number of hydrogen-bond acceptors (Lipinski definition) is 2. The molecule has 0 aliphatic heterocycles. The maximum Gasteiger partial charge on any atom is 0.238 e. The second kappa shape index (κ2) is 21.5. The molecule has 5 heteroatoms.